The van der Waals surface area contributed by atoms with E-state index in [-0.39, 0.29) is 0 Å². The molecule has 0 saturated carbocycles. The van der Waals surface area contributed by atoms with Crippen molar-refractivity contribution in [2.45, 2.75) is 38.3 Å². The average molecular weight is 248 g/mol. The molecule has 1 aliphatic heterocycles. The van der Waals surface area contributed by atoms with Gasteiger partial charge in [-0.25, -0.2) is 5.48 Å². The van der Waals surface area contributed by atoms with Crippen molar-refractivity contribution in [1.29, 1.82) is 0 Å². The number of hydrogen-bond donors (Lipinski definition) is 1. The van der Waals surface area contributed by atoms with E-state index >= 15 is 0 Å². The molecule has 1 heterocycles. The van der Waals surface area contributed by atoms with Crippen LogP contribution in [0.3, 0.4) is 0 Å². The van der Waals surface area contributed by atoms with Crippen LogP contribution < -0.4 is 5.48 Å². The quantitative estimate of drug-likeness (QED) is 0.618. The van der Waals surface area contributed by atoms with Gasteiger partial charge < -0.3 is 4.90 Å². The average Bonchev–Trinajstić information content (AvgIpc) is 2.42. The number of benzene rings is 1. The summed E-state index contributed by atoms with van der Waals surface area (Å²) < 4.78 is 0. The van der Waals surface area contributed by atoms with Crippen molar-refractivity contribution >= 4 is 0 Å². The molecule has 3 heteroatoms. The van der Waals surface area contributed by atoms with Crippen LogP contribution in [0.25, 0.3) is 0 Å². The Morgan fingerprint density at radius 3 is 2.89 bits per heavy atom. The number of rotatable bonds is 6. The fraction of sp³-hybridized carbons (Fsp3) is 0.600. The van der Waals surface area contributed by atoms with Crippen molar-refractivity contribution in [2.24, 2.45) is 0 Å². The smallest absolute Gasteiger partial charge is 0.0933 e. The molecule has 3 nitrogen and oxygen atoms in total. The van der Waals surface area contributed by atoms with Gasteiger partial charge in [-0.2, -0.15) is 0 Å². The van der Waals surface area contributed by atoms with Crippen LogP contribution in [0.15, 0.2) is 30.3 Å². The van der Waals surface area contributed by atoms with Gasteiger partial charge in [-0.05, 0) is 38.4 Å². The van der Waals surface area contributed by atoms with Gasteiger partial charge in [0.15, 0.2) is 0 Å². The lowest BCUT2D eigenvalue weighted by molar-refractivity contribution is 0.0218. The van der Waals surface area contributed by atoms with E-state index < -0.39 is 0 Å². The fourth-order valence-corrected chi connectivity index (χ4v) is 2.52. The van der Waals surface area contributed by atoms with Crippen LogP contribution in [-0.2, 0) is 11.4 Å². The van der Waals surface area contributed by atoms with E-state index in [1.165, 1.54) is 37.8 Å². The van der Waals surface area contributed by atoms with E-state index in [0.717, 1.165) is 12.6 Å². The lowest BCUT2D eigenvalue weighted by Crippen LogP contribution is -2.38. The van der Waals surface area contributed by atoms with E-state index in [2.05, 4.69) is 29.6 Å². The Labute approximate surface area is 110 Å². The molecule has 1 aliphatic rings. The topological polar surface area (TPSA) is 24.5 Å². The van der Waals surface area contributed by atoms with Crippen LogP contribution in [-0.4, -0.2) is 31.1 Å². The van der Waals surface area contributed by atoms with E-state index in [9.17, 15) is 0 Å². The summed E-state index contributed by atoms with van der Waals surface area (Å²) in [6, 6.07) is 11.0. The molecule has 0 bridgehead atoms. The van der Waals surface area contributed by atoms with Crippen LogP contribution in [0.5, 0.6) is 0 Å². The zero-order chi connectivity index (χ0) is 12.6. The highest BCUT2D eigenvalue weighted by Crippen LogP contribution is 2.17. The van der Waals surface area contributed by atoms with Crippen molar-refractivity contribution in [1.82, 2.24) is 10.4 Å². The van der Waals surface area contributed by atoms with Crippen LogP contribution in [0.1, 0.15) is 31.2 Å². The lowest BCUT2D eigenvalue weighted by atomic mass is 10.0. The van der Waals surface area contributed by atoms with Crippen LogP contribution >= 0.6 is 0 Å². The molecule has 0 amide bonds. The molecule has 0 radical (unpaired) electrons. The van der Waals surface area contributed by atoms with E-state index in [4.69, 9.17) is 4.84 Å². The summed E-state index contributed by atoms with van der Waals surface area (Å²) in [5, 5.41) is 0. The third-order valence-corrected chi connectivity index (χ3v) is 3.68. The Kier molecular flexibility index (Phi) is 5.65. The monoisotopic (exact) mass is 248 g/mol. The van der Waals surface area contributed by atoms with Crippen molar-refractivity contribution in [2.75, 3.05) is 20.1 Å². The van der Waals surface area contributed by atoms with Crippen LogP contribution in [0.4, 0.5) is 0 Å². The Bertz CT molecular complexity index is 329. The summed E-state index contributed by atoms with van der Waals surface area (Å²) in [6.45, 7) is 2.82. The largest absolute Gasteiger partial charge is 0.303 e. The molecule has 0 aliphatic carbocycles. The summed E-state index contributed by atoms with van der Waals surface area (Å²) in [4.78, 5) is 7.95. The molecule has 1 unspecified atom stereocenters. The van der Waals surface area contributed by atoms with Gasteiger partial charge in [-0.15, -0.1) is 0 Å². The Morgan fingerprint density at radius 2 is 2.11 bits per heavy atom. The number of hydroxylamine groups is 1. The van der Waals surface area contributed by atoms with Crippen LogP contribution in [0.2, 0.25) is 0 Å². The predicted octanol–water partition coefficient (Wildman–Crippen LogP) is 2.58. The minimum atomic E-state index is 0.640. The number of piperidine rings is 1. The van der Waals surface area contributed by atoms with Crippen molar-refractivity contribution < 1.29 is 4.84 Å². The minimum absolute atomic E-state index is 0.640. The third-order valence-electron chi connectivity index (χ3n) is 3.68. The maximum Gasteiger partial charge on any atom is 0.0933 e. The van der Waals surface area contributed by atoms with E-state index in [1.54, 1.807) is 0 Å². The molecule has 1 atom stereocenters. The molecule has 18 heavy (non-hydrogen) atoms. The standard InChI is InChI=1S/C15H24N2O/c1-17-12-6-5-9-15(17)10-11-16-18-13-14-7-3-2-4-8-14/h2-4,7-8,15-16H,5-6,9-13H2,1H3. The van der Waals surface area contributed by atoms with Crippen LogP contribution in [0, 0.1) is 0 Å². The van der Waals surface area contributed by atoms with Gasteiger partial charge in [0.25, 0.3) is 0 Å². The first-order valence-electron chi connectivity index (χ1n) is 6.95. The first-order valence-corrected chi connectivity index (χ1v) is 6.95. The van der Waals surface area contributed by atoms with Crippen molar-refractivity contribution in [3.05, 3.63) is 35.9 Å². The molecule has 1 aromatic carbocycles. The highest BCUT2D eigenvalue weighted by molar-refractivity contribution is 5.13. The molecule has 100 valence electrons. The van der Waals surface area contributed by atoms with Crippen molar-refractivity contribution in [3.63, 3.8) is 0 Å². The van der Waals surface area contributed by atoms with Gasteiger partial charge in [0, 0.05) is 12.6 Å². The van der Waals surface area contributed by atoms with Gasteiger partial charge in [0.2, 0.25) is 0 Å². The molecule has 1 fully saturated rings. The second kappa shape index (κ2) is 7.52. The Morgan fingerprint density at radius 1 is 1.28 bits per heavy atom. The zero-order valence-corrected chi connectivity index (χ0v) is 11.3. The molecular formula is C15H24N2O. The molecule has 1 N–H and O–H groups in total. The third kappa shape index (κ3) is 4.41. The number of nitrogens with one attached hydrogen (secondary N) is 1. The summed E-state index contributed by atoms with van der Waals surface area (Å²) >= 11 is 0. The summed E-state index contributed by atoms with van der Waals surface area (Å²) in [5.41, 5.74) is 4.28. The fourth-order valence-electron chi connectivity index (χ4n) is 2.52. The number of hydrogen-bond acceptors (Lipinski definition) is 3. The van der Waals surface area contributed by atoms with E-state index in [0.29, 0.717) is 6.61 Å². The molecule has 1 saturated heterocycles. The van der Waals surface area contributed by atoms with Crippen molar-refractivity contribution in [3.8, 4) is 0 Å². The highest BCUT2D eigenvalue weighted by atomic mass is 16.6. The molecular weight excluding hydrogens is 224 g/mol. The zero-order valence-electron chi connectivity index (χ0n) is 11.3. The maximum absolute atomic E-state index is 5.48. The summed E-state index contributed by atoms with van der Waals surface area (Å²) in [6.07, 6.45) is 5.23. The lowest BCUT2D eigenvalue weighted by Gasteiger charge is -2.32. The van der Waals surface area contributed by atoms with Gasteiger partial charge in [-0.3, -0.25) is 4.84 Å². The first-order chi connectivity index (χ1) is 8.86. The second-order valence-electron chi connectivity index (χ2n) is 5.09. The summed E-state index contributed by atoms with van der Waals surface area (Å²) in [7, 11) is 2.23. The number of nitrogens with zero attached hydrogens (tertiary/aromatic N) is 1. The predicted molar refractivity (Wildman–Crippen MR) is 74.1 cm³/mol. The SMILES string of the molecule is CN1CCCCC1CCNOCc1ccccc1. The molecule has 0 aromatic heterocycles. The molecule has 1 aromatic rings. The molecule has 0 spiro atoms. The van der Waals surface area contributed by atoms with Gasteiger partial charge in [0.1, 0.15) is 0 Å². The maximum atomic E-state index is 5.48. The Hall–Kier alpha value is -0.900. The molecule has 2 rings (SSSR count). The van der Waals surface area contributed by atoms with Gasteiger partial charge >= 0.3 is 0 Å². The van der Waals surface area contributed by atoms with Gasteiger partial charge in [-0.1, -0.05) is 36.8 Å². The first kappa shape index (κ1) is 13.5. The highest BCUT2D eigenvalue weighted by Gasteiger charge is 2.17. The summed E-state index contributed by atoms with van der Waals surface area (Å²) in [5.74, 6) is 0. The second-order valence-corrected chi connectivity index (χ2v) is 5.09. The number of likely N-dealkylation sites (tertiary alicyclic amines) is 1. The minimum Gasteiger partial charge on any atom is -0.303 e. The van der Waals surface area contributed by atoms with Gasteiger partial charge in [0.05, 0.1) is 6.61 Å². The normalized spacial score (nSPS) is 21.1. The Balaban J connectivity index is 1.56. The van der Waals surface area contributed by atoms with E-state index in [1.807, 2.05) is 18.2 Å².